The van der Waals surface area contributed by atoms with Crippen LogP contribution < -0.4 is 4.90 Å². The summed E-state index contributed by atoms with van der Waals surface area (Å²) in [4.78, 5) is 24.9. The molecule has 6 nitrogen and oxygen atoms in total. The van der Waals surface area contributed by atoms with Gasteiger partial charge in [-0.25, -0.2) is 4.79 Å². The first kappa shape index (κ1) is 13.6. The predicted octanol–water partition coefficient (Wildman–Crippen LogP) is 2.92. The summed E-state index contributed by atoms with van der Waals surface area (Å²) in [6.07, 6.45) is 0.864. The SMILES string of the molecule is O=C(O)c1cc([N+](=O)[O-])ccc1N1CCc2sccc2C1. The maximum absolute atomic E-state index is 11.4. The zero-order valence-electron chi connectivity index (χ0n) is 11.0. The number of hydrogen-bond donors (Lipinski definition) is 1. The molecule has 1 aromatic carbocycles. The molecule has 1 aliphatic heterocycles. The standard InChI is InChI=1S/C14H12N2O4S/c17-14(18)11-7-10(16(19)20)1-2-12(11)15-5-3-13-9(8-15)4-6-21-13/h1-2,4,6-7H,3,5,8H2,(H,17,18). The monoisotopic (exact) mass is 304 g/mol. The Hall–Kier alpha value is -2.41. The van der Waals surface area contributed by atoms with Crippen molar-refractivity contribution >= 4 is 28.7 Å². The number of nitro benzene ring substituents is 1. The molecule has 2 heterocycles. The van der Waals surface area contributed by atoms with Crippen LogP contribution in [-0.2, 0) is 13.0 Å². The van der Waals surface area contributed by atoms with Crippen molar-refractivity contribution in [1.82, 2.24) is 0 Å². The van der Waals surface area contributed by atoms with E-state index in [0.717, 1.165) is 12.5 Å². The quantitative estimate of drug-likeness (QED) is 0.696. The van der Waals surface area contributed by atoms with E-state index in [2.05, 4.69) is 0 Å². The normalized spacial score (nSPS) is 13.8. The van der Waals surface area contributed by atoms with Crippen LogP contribution >= 0.6 is 11.3 Å². The number of hydrogen-bond acceptors (Lipinski definition) is 5. The minimum atomic E-state index is -1.15. The molecule has 1 aromatic heterocycles. The van der Waals surface area contributed by atoms with E-state index in [9.17, 15) is 20.0 Å². The molecule has 7 heteroatoms. The van der Waals surface area contributed by atoms with Gasteiger partial charge < -0.3 is 10.0 Å². The molecule has 0 spiro atoms. The van der Waals surface area contributed by atoms with Crippen LogP contribution in [0.3, 0.4) is 0 Å². The van der Waals surface area contributed by atoms with Crippen LogP contribution in [-0.4, -0.2) is 22.5 Å². The van der Waals surface area contributed by atoms with Crippen LogP contribution in [0.1, 0.15) is 20.8 Å². The highest BCUT2D eigenvalue weighted by Gasteiger charge is 2.23. The smallest absolute Gasteiger partial charge is 0.338 e. The van der Waals surface area contributed by atoms with Crippen LogP contribution in [0, 0.1) is 10.1 Å². The van der Waals surface area contributed by atoms with Crippen molar-refractivity contribution < 1.29 is 14.8 Å². The van der Waals surface area contributed by atoms with Gasteiger partial charge in [-0.3, -0.25) is 10.1 Å². The van der Waals surface area contributed by atoms with Gasteiger partial charge in [0, 0.05) is 30.1 Å². The molecule has 0 amide bonds. The Morgan fingerprint density at radius 2 is 2.19 bits per heavy atom. The Kier molecular flexibility index (Phi) is 3.34. The second-order valence-corrected chi connectivity index (χ2v) is 5.80. The highest BCUT2D eigenvalue weighted by molar-refractivity contribution is 7.10. The maximum Gasteiger partial charge on any atom is 0.338 e. The van der Waals surface area contributed by atoms with E-state index in [0.29, 0.717) is 18.8 Å². The fourth-order valence-corrected chi connectivity index (χ4v) is 3.43. The maximum atomic E-state index is 11.4. The van der Waals surface area contributed by atoms with E-state index in [1.165, 1.54) is 22.6 Å². The highest BCUT2D eigenvalue weighted by Crippen LogP contribution is 2.31. The van der Waals surface area contributed by atoms with E-state index in [1.54, 1.807) is 11.3 Å². The largest absolute Gasteiger partial charge is 0.478 e. The Balaban J connectivity index is 1.99. The molecule has 21 heavy (non-hydrogen) atoms. The number of nitro groups is 1. The third-order valence-corrected chi connectivity index (χ3v) is 4.59. The van der Waals surface area contributed by atoms with Crippen molar-refractivity contribution in [3.8, 4) is 0 Å². The van der Waals surface area contributed by atoms with Gasteiger partial charge in [-0.2, -0.15) is 0 Å². The second kappa shape index (κ2) is 5.17. The molecule has 1 aliphatic rings. The second-order valence-electron chi connectivity index (χ2n) is 4.80. The Bertz CT molecular complexity index is 726. The number of carbonyl (C=O) groups is 1. The van der Waals surface area contributed by atoms with Crippen molar-refractivity contribution in [3.05, 3.63) is 55.8 Å². The number of anilines is 1. The Morgan fingerprint density at radius 3 is 2.90 bits per heavy atom. The zero-order valence-corrected chi connectivity index (χ0v) is 11.8. The molecule has 0 fully saturated rings. The molecule has 0 saturated heterocycles. The fourth-order valence-electron chi connectivity index (χ4n) is 2.54. The lowest BCUT2D eigenvalue weighted by molar-refractivity contribution is -0.384. The fraction of sp³-hybridized carbons (Fsp3) is 0.214. The summed E-state index contributed by atoms with van der Waals surface area (Å²) in [7, 11) is 0. The summed E-state index contributed by atoms with van der Waals surface area (Å²) in [5, 5.41) is 22.1. The Labute approximate surface area is 124 Å². The molecule has 0 bridgehead atoms. The van der Waals surface area contributed by atoms with Gasteiger partial charge in [0.15, 0.2) is 0 Å². The molecule has 0 unspecified atom stereocenters. The van der Waals surface area contributed by atoms with Gasteiger partial charge in [0.05, 0.1) is 16.2 Å². The summed E-state index contributed by atoms with van der Waals surface area (Å²) in [5.74, 6) is -1.15. The third-order valence-electron chi connectivity index (χ3n) is 3.57. The summed E-state index contributed by atoms with van der Waals surface area (Å²) < 4.78 is 0. The lowest BCUT2D eigenvalue weighted by Gasteiger charge is -2.30. The molecule has 1 N–H and O–H groups in total. The van der Waals surface area contributed by atoms with Gasteiger partial charge >= 0.3 is 5.97 Å². The molecular formula is C14H12N2O4S. The van der Waals surface area contributed by atoms with Gasteiger partial charge in [-0.05, 0) is 29.5 Å². The van der Waals surface area contributed by atoms with Gasteiger partial charge in [0.2, 0.25) is 0 Å². The lowest BCUT2D eigenvalue weighted by atomic mass is 10.1. The van der Waals surface area contributed by atoms with Crippen LogP contribution in [0.4, 0.5) is 11.4 Å². The summed E-state index contributed by atoms with van der Waals surface area (Å²) in [5.41, 5.74) is 1.50. The average Bonchev–Trinajstić information content (AvgIpc) is 2.93. The number of rotatable bonds is 3. The summed E-state index contributed by atoms with van der Waals surface area (Å²) >= 11 is 1.71. The minimum absolute atomic E-state index is 0.0251. The third kappa shape index (κ3) is 2.47. The molecule has 0 radical (unpaired) electrons. The lowest BCUT2D eigenvalue weighted by Crippen LogP contribution is -2.30. The van der Waals surface area contributed by atoms with Gasteiger partial charge in [0.1, 0.15) is 0 Å². The first-order chi connectivity index (χ1) is 10.1. The molecule has 0 atom stereocenters. The van der Waals surface area contributed by atoms with E-state index >= 15 is 0 Å². The zero-order chi connectivity index (χ0) is 15.0. The van der Waals surface area contributed by atoms with Gasteiger partial charge in [-0.15, -0.1) is 11.3 Å². The number of carboxylic acids is 1. The number of carboxylic acid groups (broad SMARTS) is 1. The van der Waals surface area contributed by atoms with Crippen LogP contribution in [0.15, 0.2) is 29.6 Å². The number of thiophene rings is 1. The van der Waals surface area contributed by atoms with Crippen LogP contribution in [0.2, 0.25) is 0 Å². The molecule has 0 saturated carbocycles. The average molecular weight is 304 g/mol. The minimum Gasteiger partial charge on any atom is -0.478 e. The van der Waals surface area contributed by atoms with Crippen LogP contribution in [0.25, 0.3) is 0 Å². The summed E-state index contributed by atoms with van der Waals surface area (Å²) in [6, 6.07) is 6.04. The first-order valence-corrected chi connectivity index (χ1v) is 7.26. The van der Waals surface area contributed by atoms with Crippen molar-refractivity contribution in [2.24, 2.45) is 0 Å². The number of aromatic carboxylic acids is 1. The molecular weight excluding hydrogens is 292 g/mol. The number of benzene rings is 1. The summed E-state index contributed by atoms with van der Waals surface area (Å²) in [6.45, 7) is 1.35. The highest BCUT2D eigenvalue weighted by atomic mass is 32.1. The van der Waals surface area contributed by atoms with E-state index in [-0.39, 0.29) is 11.3 Å². The van der Waals surface area contributed by atoms with E-state index in [4.69, 9.17) is 0 Å². The predicted molar refractivity (Wildman–Crippen MR) is 79.1 cm³/mol. The number of nitrogens with zero attached hydrogens (tertiary/aromatic N) is 2. The molecule has 3 rings (SSSR count). The molecule has 108 valence electrons. The Morgan fingerprint density at radius 1 is 1.38 bits per heavy atom. The van der Waals surface area contributed by atoms with E-state index in [1.807, 2.05) is 16.3 Å². The topological polar surface area (TPSA) is 83.7 Å². The first-order valence-electron chi connectivity index (χ1n) is 6.38. The van der Waals surface area contributed by atoms with Gasteiger partial charge in [-0.1, -0.05) is 0 Å². The van der Waals surface area contributed by atoms with Crippen molar-refractivity contribution in [1.29, 1.82) is 0 Å². The van der Waals surface area contributed by atoms with E-state index < -0.39 is 10.9 Å². The number of fused-ring (bicyclic) bond motifs is 1. The van der Waals surface area contributed by atoms with Crippen molar-refractivity contribution in [2.45, 2.75) is 13.0 Å². The number of non-ortho nitro benzene ring substituents is 1. The van der Waals surface area contributed by atoms with Gasteiger partial charge in [0.25, 0.3) is 5.69 Å². The molecule has 0 aliphatic carbocycles. The van der Waals surface area contributed by atoms with Crippen molar-refractivity contribution in [2.75, 3.05) is 11.4 Å². The molecule has 2 aromatic rings. The van der Waals surface area contributed by atoms with Crippen LogP contribution in [0.5, 0.6) is 0 Å². The van der Waals surface area contributed by atoms with Crippen molar-refractivity contribution in [3.63, 3.8) is 0 Å².